The maximum Gasteiger partial charge on any atom is 0.255 e. The van der Waals surface area contributed by atoms with E-state index in [1.165, 1.54) is 36.5 Å². The highest BCUT2D eigenvalue weighted by Gasteiger charge is 2.10. The smallest absolute Gasteiger partial charge is 0.255 e. The van der Waals surface area contributed by atoms with Crippen molar-refractivity contribution in [3.63, 3.8) is 0 Å². The molecule has 0 aliphatic rings. The van der Waals surface area contributed by atoms with Gasteiger partial charge in [-0.2, -0.15) is 0 Å². The quantitative estimate of drug-likeness (QED) is 0.661. The van der Waals surface area contributed by atoms with Crippen LogP contribution in [0.3, 0.4) is 0 Å². The van der Waals surface area contributed by atoms with Crippen molar-refractivity contribution < 1.29 is 18.0 Å². The highest BCUT2D eigenvalue weighted by molar-refractivity contribution is 6.31. The summed E-state index contributed by atoms with van der Waals surface area (Å²) in [5, 5.41) is 5.25. The largest absolute Gasteiger partial charge is 0.340 e. The molecule has 0 atom stereocenters. The van der Waals surface area contributed by atoms with Crippen LogP contribution in [0.25, 0.3) is 0 Å². The molecule has 0 aliphatic carbocycles. The maximum atomic E-state index is 13.3. The summed E-state index contributed by atoms with van der Waals surface area (Å²) in [6.45, 7) is 0. The number of halogens is 4. The number of hydrogen-bond acceptors (Lipinski definition) is 3. The first-order chi connectivity index (χ1) is 12.4. The molecule has 0 aliphatic heterocycles. The molecule has 0 spiro atoms. The van der Waals surface area contributed by atoms with Crippen molar-refractivity contribution in [3.8, 4) is 0 Å². The van der Waals surface area contributed by atoms with E-state index in [0.717, 1.165) is 18.2 Å². The molecule has 0 fully saturated rings. The van der Waals surface area contributed by atoms with Crippen molar-refractivity contribution in [1.82, 2.24) is 4.98 Å². The van der Waals surface area contributed by atoms with Crippen molar-refractivity contribution in [2.45, 2.75) is 0 Å². The highest BCUT2D eigenvalue weighted by atomic mass is 35.5. The second-order valence-corrected chi connectivity index (χ2v) is 5.67. The third-order valence-electron chi connectivity index (χ3n) is 3.39. The van der Waals surface area contributed by atoms with Gasteiger partial charge in [0.05, 0.1) is 5.02 Å². The fourth-order valence-electron chi connectivity index (χ4n) is 2.14. The van der Waals surface area contributed by atoms with Crippen molar-refractivity contribution in [2.24, 2.45) is 0 Å². The molecule has 2 aromatic carbocycles. The summed E-state index contributed by atoms with van der Waals surface area (Å²) in [6, 6.07) is 10.0. The van der Waals surface area contributed by atoms with Gasteiger partial charge in [-0.3, -0.25) is 4.79 Å². The van der Waals surface area contributed by atoms with Gasteiger partial charge in [-0.05, 0) is 42.5 Å². The lowest BCUT2D eigenvalue weighted by atomic mass is 10.2. The minimum absolute atomic E-state index is 0.113. The Bertz CT molecular complexity index is 982. The molecule has 8 heteroatoms. The van der Waals surface area contributed by atoms with E-state index in [1.807, 2.05) is 0 Å². The molecular weight excluding hydrogens is 367 g/mol. The van der Waals surface area contributed by atoms with Gasteiger partial charge in [-0.1, -0.05) is 11.6 Å². The Morgan fingerprint density at radius 1 is 0.885 bits per heavy atom. The lowest BCUT2D eigenvalue weighted by Gasteiger charge is -2.09. The van der Waals surface area contributed by atoms with Crippen LogP contribution in [-0.4, -0.2) is 10.9 Å². The standard InChI is InChI=1S/C18H11ClF3N3O/c19-13-8-11(1-3-14(13)20)25-18(26)10-5-6-23-17(7-10)24-12-2-4-15(21)16(22)9-12/h1-9H,(H,23,24)(H,25,26). The molecule has 0 radical (unpaired) electrons. The lowest BCUT2D eigenvalue weighted by Crippen LogP contribution is -2.12. The number of nitrogens with one attached hydrogen (secondary N) is 2. The zero-order chi connectivity index (χ0) is 18.7. The van der Waals surface area contributed by atoms with Gasteiger partial charge in [0, 0.05) is 29.2 Å². The van der Waals surface area contributed by atoms with Gasteiger partial charge in [0.15, 0.2) is 11.6 Å². The van der Waals surface area contributed by atoms with Gasteiger partial charge < -0.3 is 10.6 Å². The molecule has 0 unspecified atom stereocenters. The van der Waals surface area contributed by atoms with Crippen LogP contribution >= 0.6 is 11.6 Å². The first kappa shape index (κ1) is 17.8. The van der Waals surface area contributed by atoms with Crippen molar-refractivity contribution in [2.75, 3.05) is 10.6 Å². The van der Waals surface area contributed by atoms with Gasteiger partial charge in [-0.25, -0.2) is 18.2 Å². The van der Waals surface area contributed by atoms with Gasteiger partial charge in [-0.15, -0.1) is 0 Å². The summed E-state index contributed by atoms with van der Waals surface area (Å²) < 4.78 is 39.4. The second-order valence-electron chi connectivity index (χ2n) is 5.27. The van der Waals surface area contributed by atoms with Gasteiger partial charge in [0.1, 0.15) is 11.6 Å². The van der Waals surface area contributed by atoms with E-state index in [-0.39, 0.29) is 22.1 Å². The maximum absolute atomic E-state index is 13.3. The van der Waals surface area contributed by atoms with Crippen LogP contribution in [0.15, 0.2) is 54.7 Å². The first-order valence-electron chi connectivity index (χ1n) is 7.37. The number of pyridine rings is 1. The predicted octanol–water partition coefficient (Wildman–Crippen LogP) is 5.15. The summed E-state index contributed by atoms with van der Waals surface area (Å²) in [7, 11) is 0. The number of hydrogen-bond donors (Lipinski definition) is 2. The van der Waals surface area contributed by atoms with E-state index in [1.54, 1.807) is 0 Å². The number of benzene rings is 2. The highest BCUT2D eigenvalue weighted by Crippen LogP contribution is 2.21. The molecule has 4 nitrogen and oxygen atoms in total. The molecule has 1 amide bonds. The summed E-state index contributed by atoms with van der Waals surface area (Å²) in [5.74, 6) is -2.76. The number of carbonyl (C=O) groups is 1. The first-order valence-corrected chi connectivity index (χ1v) is 7.75. The van der Waals surface area contributed by atoms with Crippen LogP contribution in [0, 0.1) is 17.5 Å². The summed E-state index contributed by atoms with van der Waals surface area (Å²) in [6.07, 6.45) is 1.38. The van der Waals surface area contributed by atoms with E-state index in [0.29, 0.717) is 5.69 Å². The fraction of sp³-hybridized carbons (Fsp3) is 0. The van der Waals surface area contributed by atoms with Gasteiger partial charge in [0.25, 0.3) is 5.91 Å². The molecule has 2 N–H and O–H groups in total. The van der Waals surface area contributed by atoms with Crippen LogP contribution in [0.1, 0.15) is 10.4 Å². The topological polar surface area (TPSA) is 54.0 Å². The number of amides is 1. The molecule has 0 saturated heterocycles. The SMILES string of the molecule is O=C(Nc1ccc(F)c(Cl)c1)c1ccnc(Nc2ccc(F)c(F)c2)c1. The van der Waals surface area contributed by atoms with Crippen LogP contribution in [0.2, 0.25) is 5.02 Å². The normalized spacial score (nSPS) is 10.5. The van der Waals surface area contributed by atoms with E-state index < -0.39 is 23.4 Å². The third-order valence-corrected chi connectivity index (χ3v) is 3.68. The minimum Gasteiger partial charge on any atom is -0.340 e. The van der Waals surface area contributed by atoms with Crippen LogP contribution < -0.4 is 10.6 Å². The second kappa shape index (κ2) is 7.45. The van der Waals surface area contributed by atoms with E-state index in [4.69, 9.17) is 11.6 Å². The molecule has 0 bridgehead atoms. The lowest BCUT2D eigenvalue weighted by molar-refractivity contribution is 0.102. The number of anilines is 3. The zero-order valence-electron chi connectivity index (χ0n) is 13.1. The zero-order valence-corrected chi connectivity index (χ0v) is 13.8. The molecule has 3 rings (SSSR count). The van der Waals surface area contributed by atoms with Gasteiger partial charge >= 0.3 is 0 Å². The molecular formula is C18H11ClF3N3O. The predicted molar refractivity (Wildman–Crippen MR) is 93.2 cm³/mol. The molecule has 26 heavy (non-hydrogen) atoms. The average molecular weight is 378 g/mol. The Kier molecular flexibility index (Phi) is 5.09. The number of carbonyl (C=O) groups excluding carboxylic acids is 1. The van der Waals surface area contributed by atoms with E-state index in [9.17, 15) is 18.0 Å². The monoisotopic (exact) mass is 377 g/mol. The Balaban J connectivity index is 1.76. The van der Waals surface area contributed by atoms with E-state index >= 15 is 0 Å². The Labute approximate surface area is 151 Å². The Morgan fingerprint density at radius 3 is 2.35 bits per heavy atom. The van der Waals surface area contributed by atoms with Crippen LogP contribution in [0.5, 0.6) is 0 Å². The Morgan fingerprint density at radius 2 is 1.62 bits per heavy atom. The fourth-order valence-corrected chi connectivity index (χ4v) is 2.32. The van der Waals surface area contributed by atoms with Crippen molar-refractivity contribution in [3.05, 3.63) is 82.8 Å². The minimum atomic E-state index is -1.00. The number of aromatic nitrogens is 1. The molecule has 1 heterocycles. The van der Waals surface area contributed by atoms with E-state index in [2.05, 4.69) is 15.6 Å². The number of nitrogens with zero attached hydrogens (tertiary/aromatic N) is 1. The van der Waals surface area contributed by atoms with Crippen LogP contribution in [-0.2, 0) is 0 Å². The number of rotatable bonds is 4. The van der Waals surface area contributed by atoms with Crippen molar-refractivity contribution in [1.29, 1.82) is 0 Å². The molecule has 132 valence electrons. The Hall–Kier alpha value is -3.06. The molecule has 3 aromatic rings. The molecule has 0 saturated carbocycles. The third kappa shape index (κ3) is 4.12. The van der Waals surface area contributed by atoms with Gasteiger partial charge in [0.2, 0.25) is 0 Å². The van der Waals surface area contributed by atoms with Crippen LogP contribution in [0.4, 0.5) is 30.4 Å². The average Bonchev–Trinajstić information content (AvgIpc) is 2.61. The van der Waals surface area contributed by atoms with Crippen molar-refractivity contribution >= 4 is 34.7 Å². The summed E-state index contributed by atoms with van der Waals surface area (Å²) >= 11 is 5.68. The summed E-state index contributed by atoms with van der Waals surface area (Å²) in [4.78, 5) is 16.3. The summed E-state index contributed by atoms with van der Waals surface area (Å²) in [5.41, 5.74) is 0.859. The molecule has 1 aromatic heterocycles.